The summed E-state index contributed by atoms with van der Waals surface area (Å²) < 4.78 is 25.1. The first kappa shape index (κ1) is 24.2. The van der Waals surface area contributed by atoms with Gasteiger partial charge in [-0.1, -0.05) is 42.5 Å². The SMILES string of the molecule is CN(C(=O)CNc1cccc(CNS(C)(=O)=O)c1)[C@H](CN1CCC(O)C1)c1ccccc1. The molecule has 0 spiro atoms. The maximum Gasteiger partial charge on any atom is 0.242 e. The summed E-state index contributed by atoms with van der Waals surface area (Å²) in [7, 11) is -1.47. The summed E-state index contributed by atoms with van der Waals surface area (Å²) in [6.07, 6.45) is 1.57. The number of amides is 1. The summed E-state index contributed by atoms with van der Waals surface area (Å²) in [5, 5.41) is 13.0. The van der Waals surface area contributed by atoms with Gasteiger partial charge in [0.05, 0.1) is 24.9 Å². The third-order valence-corrected chi connectivity index (χ3v) is 6.30. The molecule has 0 saturated carbocycles. The number of carbonyl (C=O) groups is 1. The number of aliphatic hydroxyl groups is 1. The second kappa shape index (κ2) is 10.9. The Morgan fingerprint density at radius 3 is 2.62 bits per heavy atom. The first-order valence-corrected chi connectivity index (χ1v) is 12.6. The Bertz CT molecular complexity index is 1000. The minimum atomic E-state index is -3.27. The predicted molar refractivity (Wildman–Crippen MR) is 126 cm³/mol. The van der Waals surface area contributed by atoms with E-state index in [0.29, 0.717) is 13.1 Å². The van der Waals surface area contributed by atoms with Gasteiger partial charge in [-0.15, -0.1) is 0 Å². The monoisotopic (exact) mass is 460 g/mol. The quantitative estimate of drug-likeness (QED) is 0.496. The highest BCUT2D eigenvalue weighted by Gasteiger charge is 2.27. The van der Waals surface area contributed by atoms with E-state index in [1.54, 1.807) is 11.9 Å². The van der Waals surface area contributed by atoms with Gasteiger partial charge in [0, 0.05) is 38.9 Å². The number of anilines is 1. The predicted octanol–water partition coefficient (Wildman–Crippen LogP) is 1.41. The molecule has 174 valence electrons. The topological polar surface area (TPSA) is 102 Å². The van der Waals surface area contributed by atoms with Gasteiger partial charge in [0.1, 0.15) is 0 Å². The molecule has 1 aliphatic heterocycles. The fourth-order valence-corrected chi connectivity index (χ4v) is 4.26. The number of likely N-dealkylation sites (tertiary alicyclic amines) is 1. The third kappa shape index (κ3) is 7.30. The summed E-state index contributed by atoms with van der Waals surface area (Å²) in [4.78, 5) is 17.0. The van der Waals surface area contributed by atoms with E-state index in [1.165, 1.54) is 0 Å². The second-order valence-corrected chi connectivity index (χ2v) is 10.1. The fraction of sp³-hybridized carbons (Fsp3) is 0.435. The molecule has 1 fully saturated rings. The number of benzene rings is 2. The number of nitrogens with zero attached hydrogens (tertiary/aromatic N) is 2. The standard InChI is InChI=1S/C23H32N4O4S/c1-26(22(19-8-4-3-5-9-19)17-27-12-11-21(28)16-27)23(29)15-24-20-10-6-7-18(13-20)14-25-32(2,30)31/h3-10,13,21-22,24-25,28H,11-12,14-17H2,1-2H3/t21?,22-/m1/s1. The summed E-state index contributed by atoms with van der Waals surface area (Å²) >= 11 is 0. The zero-order valence-corrected chi connectivity index (χ0v) is 19.4. The van der Waals surface area contributed by atoms with Crippen molar-refractivity contribution in [2.45, 2.75) is 25.1 Å². The second-order valence-electron chi connectivity index (χ2n) is 8.28. The molecule has 0 aromatic heterocycles. The summed E-state index contributed by atoms with van der Waals surface area (Å²) in [5.74, 6) is -0.0572. The van der Waals surface area contributed by atoms with Crippen molar-refractivity contribution >= 4 is 21.6 Å². The summed E-state index contributed by atoms with van der Waals surface area (Å²) in [6.45, 7) is 2.42. The van der Waals surface area contributed by atoms with Crippen LogP contribution < -0.4 is 10.0 Å². The molecule has 1 saturated heterocycles. The van der Waals surface area contributed by atoms with Crippen LogP contribution in [0.4, 0.5) is 5.69 Å². The van der Waals surface area contributed by atoms with Crippen LogP contribution in [0.5, 0.6) is 0 Å². The molecule has 9 heteroatoms. The average molecular weight is 461 g/mol. The Hall–Kier alpha value is -2.46. The van der Waals surface area contributed by atoms with Gasteiger partial charge in [0.15, 0.2) is 0 Å². The molecule has 32 heavy (non-hydrogen) atoms. The molecular formula is C23H32N4O4S. The van der Waals surface area contributed by atoms with Crippen LogP contribution >= 0.6 is 0 Å². The number of nitrogens with one attached hydrogen (secondary N) is 2. The van der Waals surface area contributed by atoms with Crippen molar-refractivity contribution in [1.82, 2.24) is 14.5 Å². The molecule has 1 unspecified atom stereocenters. The highest BCUT2D eigenvalue weighted by Crippen LogP contribution is 2.23. The third-order valence-electron chi connectivity index (χ3n) is 5.63. The van der Waals surface area contributed by atoms with Gasteiger partial charge in [0.25, 0.3) is 0 Å². The molecule has 8 nitrogen and oxygen atoms in total. The largest absolute Gasteiger partial charge is 0.392 e. The highest BCUT2D eigenvalue weighted by atomic mass is 32.2. The summed E-state index contributed by atoms with van der Waals surface area (Å²) in [6, 6.07) is 17.1. The molecule has 2 atom stereocenters. The number of aliphatic hydroxyl groups excluding tert-OH is 1. The van der Waals surface area contributed by atoms with Crippen LogP contribution in [-0.2, 0) is 21.4 Å². The van der Waals surface area contributed by atoms with Crippen LogP contribution in [0, 0.1) is 0 Å². The minimum absolute atomic E-state index is 0.0572. The van der Waals surface area contributed by atoms with Crippen LogP contribution in [-0.4, -0.2) is 74.8 Å². The molecule has 0 bridgehead atoms. The van der Waals surface area contributed by atoms with Gasteiger partial charge in [-0.2, -0.15) is 0 Å². The molecule has 1 aliphatic rings. The van der Waals surface area contributed by atoms with E-state index in [4.69, 9.17) is 0 Å². The van der Waals surface area contributed by atoms with Gasteiger partial charge in [-0.05, 0) is 29.7 Å². The average Bonchev–Trinajstić information content (AvgIpc) is 3.19. The molecule has 2 aromatic carbocycles. The van der Waals surface area contributed by atoms with Gasteiger partial charge in [-0.3, -0.25) is 9.69 Å². The number of sulfonamides is 1. The van der Waals surface area contributed by atoms with E-state index in [-0.39, 0.29) is 31.1 Å². The van der Waals surface area contributed by atoms with Crippen molar-refractivity contribution in [3.8, 4) is 0 Å². The molecular weight excluding hydrogens is 428 g/mol. The maximum absolute atomic E-state index is 13.0. The summed E-state index contributed by atoms with van der Waals surface area (Å²) in [5.41, 5.74) is 2.60. The number of hydrogen-bond donors (Lipinski definition) is 3. The normalized spacial score (nSPS) is 17.8. The lowest BCUT2D eigenvalue weighted by atomic mass is 10.0. The number of hydrogen-bond acceptors (Lipinski definition) is 6. The first-order chi connectivity index (χ1) is 15.2. The minimum Gasteiger partial charge on any atom is -0.392 e. The van der Waals surface area contributed by atoms with Crippen molar-refractivity contribution in [3.05, 3.63) is 65.7 Å². The van der Waals surface area contributed by atoms with E-state index < -0.39 is 10.0 Å². The lowest BCUT2D eigenvalue weighted by Gasteiger charge is -2.32. The molecule has 3 rings (SSSR count). The molecule has 2 aromatic rings. The van der Waals surface area contributed by atoms with Crippen LogP contribution in [0.1, 0.15) is 23.6 Å². The van der Waals surface area contributed by atoms with Crippen LogP contribution in [0.15, 0.2) is 54.6 Å². The Labute approximate surface area is 190 Å². The lowest BCUT2D eigenvalue weighted by Crippen LogP contribution is -2.41. The van der Waals surface area contributed by atoms with E-state index in [1.807, 2.05) is 54.6 Å². The molecule has 0 radical (unpaired) electrons. The smallest absolute Gasteiger partial charge is 0.242 e. The van der Waals surface area contributed by atoms with Crippen molar-refractivity contribution in [1.29, 1.82) is 0 Å². The molecule has 1 amide bonds. The number of rotatable bonds is 10. The van der Waals surface area contributed by atoms with E-state index in [0.717, 1.165) is 36.0 Å². The number of carbonyl (C=O) groups excluding carboxylic acids is 1. The molecule has 1 heterocycles. The zero-order valence-electron chi connectivity index (χ0n) is 18.6. The highest BCUT2D eigenvalue weighted by molar-refractivity contribution is 7.88. The Morgan fingerprint density at radius 1 is 1.22 bits per heavy atom. The molecule has 0 aliphatic carbocycles. The van der Waals surface area contributed by atoms with Crippen molar-refractivity contribution < 1.29 is 18.3 Å². The lowest BCUT2D eigenvalue weighted by molar-refractivity contribution is -0.130. The van der Waals surface area contributed by atoms with Crippen LogP contribution in [0.2, 0.25) is 0 Å². The Morgan fingerprint density at radius 2 is 1.97 bits per heavy atom. The van der Waals surface area contributed by atoms with Gasteiger partial charge < -0.3 is 15.3 Å². The maximum atomic E-state index is 13.0. The van der Waals surface area contributed by atoms with Gasteiger partial charge in [-0.25, -0.2) is 13.1 Å². The Balaban J connectivity index is 1.63. The van der Waals surface area contributed by atoms with Crippen LogP contribution in [0.25, 0.3) is 0 Å². The van der Waals surface area contributed by atoms with Crippen molar-refractivity contribution in [2.75, 3.05) is 44.8 Å². The van der Waals surface area contributed by atoms with Crippen LogP contribution in [0.3, 0.4) is 0 Å². The fourth-order valence-electron chi connectivity index (χ4n) is 3.83. The van der Waals surface area contributed by atoms with E-state index in [9.17, 15) is 18.3 Å². The van der Waals surface area contributed by atoms with Crippen molar-refractivity contribution in [3.63, 3.8) is 0 Å². The Kier molecular flexibility index (Phi) is 8.25. The van der Waals surface area contributed by atoms with E-state index >= 15 is 0 Å². The molecule has 3 N–H and O–H groups in total. The number of β-amino-alcohol motifs (C(OH)–C–C–N with tert-alkyl or cyclic N) is 1. The number of likely N-dealkylation sites (N-methyl/N-ethyl adjacent to an activating group) is 1. The van der Waals surface area contributed by atoms with E-state index in [2.05, 4.69) is 14.9 Å². The van der Waals surface area contributed by atoms with Crippen molar-refractivity contribution in [2.24, 2.45) is 0 Å². The zero-order chi connectivity index (χ0) is 23.1. The van der Waals surface area contributed by atoms with Gasteiger partial charge >= 0.3 is 0 Å². The first-order valence-electron chi connectivity index (χ1n) is 10.7. The van der Waals surface area contributed by atoms with Gasteiger partial charge in [0.2, 0.25) is 15.9 Å².